The van der Waals surface area contributed by atoms with Crippen molar-refractivity contribution < 1.29 is 0 Å². The summed E-state index contributed by atoms with van der Waals surface area (Å²) in [6, 6.07) is 40.1. The van der Waals surface area contributed by atoms with E-state index in [9.17, 15) is 0 Å². The Morgan fingerprint density at radius 2 is 0.618 bits per heavy atom. The van der Waals surface area contributed by atoms with Gasteiger partial charge in [-0.3, -0.25) is 29.9 Å². The summed E-state index contributed by atoms with van der Waals surface area (Å²) in [4.78, 5) is 28.8. The fourth-order valence-electron chi connectivity index (χ4n) is 16.5. The molecule has 6 heterocycles. The third kappa shape index (κ3) is 12.8. The van der Waals surface area contributed by atoms with Crippen LogP contribution >= 0.6 is 0 Å². The number of aryl methyl sites for hydroxylation is 15. The lowest BCUT2D eigenvalue weighted by Gasteiger charge is -2.10. The number of pyridine rings is 6. The van der Waals surface area contributed by atoms with Gasteiger partial charge in [-0.2, -0.15) is 0 Å². The van der Waals surface area contributed by atoms with Gasteiger partial charge in [-0.05, 0) is 322 Å². The van der Waals surface area contributed by atoms with Gasteiger partial charge in [0.25, 0.3) is 0 Å². The smallest absolute Gasteiger partial charge is 0.0748 e. The minimum atomic E-state index is 1.04. The van der Waals surface area contributed by atoms with Crippen molar-refractivity contribution in [2.45, 2.75) is 205 Å². The second-order valence-electron chi connectivity index (χ2n) is 30.6. The van der Waals surface area contributed by atoms with Crippen LogP contribution in [0.3, 0.4) is 0 Å². The van der Waals surface area contributed by atoms with Crippen LogP contribution in [0.2, 0.25) is 0 Å². The third-order valence-corrected chi connectivity index (χ3v) is 24.0. The van der Waals surface area contributed by atoms with E-state index in [1.165, 1.54) is 234 Å². The molecule has 6 aromatic carbocycles. The van der Waals surface area contributed by atoms with Crippen LogP contribution in [-0.2, 0) is 38.5 Å². The predicted octanol–water partition coefficient (Wildman–Crippen LogP) is 23.3. The minimum Gasteiger partial charge on any atom is -0.253 e. The van der Waals surface area contributed by atoms with Gasteiger partial charge in [-0.25, -0.2) is 0 Å². The molecule has 0 fully saturated rings. The van der Waals surface area contributed by atoms with Crippen LogP contribution < -0.4 is 0 Å². The van der Waals surface area contributed by atoms with Crippen molar-refractivity contribution in [2.75, 3.05) is 0 Å². The van der Waals surface area contributed by atoms with Crippen molar-refractivity contribution in [3.8, 4) is 67.5 Å². The average molecular weight is 1340 g/mol. The zero-order chi connectivity index (χ0) is 72.9. The SMILES string of the molecule is Cc1cc(C)c2c(c1)Cc1cc(C)c(C)nc1-2.Cc1cc2c(nc1C)-c1c(ccc(C)c1C)C2.Cc1ccc2c(c1)-c1nc(C)c(C)c(C)c1C2.Cc1ccc2c(c1)Cc1c-2nc(C)c(C)c1C.Cc1cccc2c1-c1nc(C)c(C)c(C)c1C2.Cc1cccc2c1Cc1c-2nc(C)c(C)c1C. The van der Waals surface area contributed by atoms with Crippen LogP contribution in [0.15, 0.2) is 109 Å². The first-order valence-electron chi connectivity index (χ1n) is 36.9. The van der Waals surface area contributed by atoms with Gasteiger partial charge >= 0.3 is 0 Å². The van der Waals surface area contributed by atoms with Gasteiger partial charge in [0, 0.05) is 106 Å². The number of hydrogen-bond donors (Lipinski definition) is 0. The molecule has 6 nitrogen and oxygen atoms in total. The molecule has 0 radical (unpaired) electrons. The lowest BCUT2D eigenvalue weighted by Crippen LogP contribution is -1.98. The zero-order valence-electron chi connectivity index (χ0n) is 65.3. The van der Waals surface area contributed by atoms with Gasteiger partial charge in [-0.1, -0.05) is 120 Å². The Kier molecular flexibility index (Phi) is 19.1. The normalized spacial score (nSPS) is 12.5. The van der Waals surface area contributed by atoms with E-state index in [1.54, 1.807) is 0 Å². The molecule has 516 valence electrons. The number of fused-ring (bicyclic) bond motifs is 18. The standard InChI is InChI=1S/6C16H17N/c1-9-5-11(3)15-13(6-9)8-14-7-10(2)12(4)17-16(14)15;1-9-5-6-13-8-14-7-10(2)12(4)17-16(14)15(13)11(9)3;1-9-5-6-14-13(7-9)8-15-11(3)10(2)12(4)17-16(14)15;1-9-5-6-13-8-14-11(3)10(2)12(4)17-16(14)15(13)7-9;1-9-6-5-7-13-14(9)8-15-11(3)10(2)12(4)17-16(13)15;1-9-6-5-7-13-8-14-11(3)10(2)12(4)17-16(14)15(9)13/h6*5-7H,8H2,1-4H3. The summed E-state index contributed by atoms with van der Waals surface area (Å²) >= 11 is 0. The van der Waals surface area contributed by atoms with Gasteiger partial charge in [0.15, 0.2) is 0 Å². The summed E-state index contributed by atoms with van der Waals surface area (Å²) in [5.74, 6) is 0. The quantitative estimate of drug-likeness (QED) is 0.151. The van der Waals surface area contributed by atoms with E-state index in [0.29, 0.717) is 0 Å². The molecule has 0 unspecified atom stereocenters. The maximum Gasteiger partial charge on any atom is 0.0748 e. The van der Waals surface area contributed by atoms with E-state index >= 15 is 0 Å². The summed E-state index contributed by atoms with van der Waals surface area (Å²) in [5.41, 5.74) is 63.9. The molecule has 0 saturated carbocycles. The van der Waals surface area contributed by atoms with Crippen molar-refractivity contribution >= 4 is 0 Å². The zero-order valence-corrected chi connectivity index (χ0v) is 65.3. The Bertz CT molecular complexity index is 5480. The first-order valence-corrected chi connectivity index (χ1v) is 36.9. The Hall–Kier alpha value is -9.78. The Balaban J connectivity index is 0.000000109. The van der Waals surface area contributed by atoms with Crippen molar-refractivity contribution in [2.24, 2.45) is 0 Å². The van der Waals surface area contributed by atoms with E-state index < -0.39 is 0 Å². The van der Waals surface area contributed by atoms with Crippen molar-refractivity contribution in [3.63, 3.8) is 0 Å². The third-order valence-electron chi connectivity index (χ3n) is 24.0. The lowest BCUT2D eigenvalue weighted by molar-refractivity contribution is 1.08. The summed E-state index contributed by atoms with van der Waals surface area (Å²) in [6.07, 6.45) is 6.28. The van der Waals surface area contributed by atoms with Gasteiger partial charge in [0.2, 0.25) is 0 Å². The van der Waals surface area contributed by atoms with E-state index in [-0.39, 0.29) is 0 Å². The molecule has 12 aromatic rings. The maximum absolute atomic E-state index is 4.82. The van der Waals surface area contributed by atoms with Crippen LogP contribution in [-0.4, -0.2) is 29.9 Å². The fourth-order valence-corrected chi connectivity index (χ4v) is 16.5. The molecule has 0 atom stereocenters. The Morgan fingerprint density at radius 3 is 1.22 bits per heavy atom. The molecule has 0 bridgehead atoms. The summed E-state index contributed by atoms with van der Waals surface area (Å²) in [7, 11) is 0. The second kappa shape index (κ2) is 27.5. The van der Waals surface area contributed by atoms with Crippen LogP contribution in [0.4, 0.5) is 0 Å². The molecular formula is C96H102N6. The van der Waals surface area contributed by atoms with Crippen molar-refractivity contribution in [1.29, 1.82) is 0 Å². The van der Waals surface area contributed by atoms with Gasteiger partial charge < -0.3 is 0 Å². The van der Waals surface area contributed by atoms with Gasteiger partial charge in [0.05, 0.1) is 34.2 Å². The van der Waals surface area contributed by atoms with Crippen molar-refractivity contribution in [3.05, 3.63) is 310 Å². The molecule has 18 rings (SSSR count). The molecule has 0 spiro atoms. The number of benzene rings is 6. The van der Waals surface area contributed by atoms with Gasteiger partial charge in [0.1, 0.15) is 0 Å². The van der Waals surface area contributed by atoms with E-state index in [1.807, 2.05) is 0 Å². The van der Waals surface area contributed by atoms with Crippen LogP contribution in [0.1, 0.15) is 201 Å². The molecule has 0 saturated heterocycles. The number of hydrogen-bond acceptors (Lipinski definition) is 6. The second-order valence-corrected chi connectivity index (χ2v) is 30.6. The monoisotopic (exact) mass is 1340 g/mol. The average Bonchev–Trinajstić information content (AvgIpc) is 1.65. The topological polar surface area (TPSA) is 77.3 Å². The molecule has 6 aliphatic carbocycles. The molecule has 0 amide bonds. The van der Waals surface area contributed by atoms with Crippen LogP contribution in [0, 0.1) is 166 Å². The van der Waals surface area contributed by atoms with Crippen LogP contribution in [0.5, 0.6) is 0 Å². The molecular weight excluding hydrogens is 1240 g/mol. The molecule has 0 aliphatic heterocycles. The molecule has 6 aliphatic rings. The first kappa shape index (κ1) is 70.6. The largest absolute Gasteiger partial charge is 0.253 e. The van der Waals surface area contributed by atoms with E-state index in [2.05, 4.69) is 275 Å². The van der Waals surface area contributed by atoms with Crippen LogP contribution in [0.25, 0.3) is 67.5 Å². The minimum absolute atomic E-state index is 1.04. The summed E-state index contributed by atoms with van der Waals surface area (Å²) < 4.78 is 0. The van der Waals surface area contributed by atoms with Crippen molar-refractivity contribution in [1.82, 2.24) is 29.9 Å². The highest BCUT2D eigenvalue weighted by Gasteiger charge is 2.30. The lowest BCUT2D eigenvalue weighted by atomic mass is 9.99. The molecule has 0 N–H and O–H groups in total. The Morgan fingerprint density at radius 1 is 0.196 bits per heavy atom. The highest BCUT2D eigenvalue weighted by molar-refractivity contribution is 5.82. The van der Waals surface area contributed by atoms with Gasteiger partial charge in [-0.15, -0.1) is 0 Å². The number of nitrogens with zero attached hydrogens (tertiary/aromatic N) is 6. The Labute approximate surface area is 608 Å². The number of aromatic nitrogens is 6. The number of rotatable bonds is 0. The summed E-state index contributed by atoms with van der Waals surface area (Å²) in [5, 5.41) is 0. The highest BCUT2D eigenvalue weighted by atomic mass is 14.8. The van der Waals surface area contributed by atoms with E-state index in [4.69, 9.17) is 29.9 Å². The maximum atomic E-state index is 4.82. The molecule has 6 aromatic heterocycles. The summed E-state index contributed by atoms with van der Waals surface area (Å²) in [6.45, 7) is 51.9. The predicted molar refractivity (Wildman–Crippen MR) is 429 cm³/mol. The first-order chi connectivity index (χ1) is 48.5. The highest BCUT2D eigenvalue weighted by Crippen LogP contribution is 2.45. The van der Waals surface area contributed by atoms with E-state index in [0.717, 1.165) is 72.7 Å². The molecule has 6 heteroatoms. The molecule has 102 heavy (non-hydrogen) atoms. The fraction of sp³-hybridized carbons (Fsp3) is 0.312.